The van der Waals surface area contributed by atoms with Gasteiger partial charge in [-0.05, 0) is 51.1 Å². The number of halogens is 5. The summed E-state index contributed by atoms with van der Waals surface area (Å²) in [5, 5.41) is -0.185. The molecule has 1 saturated heterocycles. The van der Waals surface area contributed by atoms with Crippen LogP contribution in [0.5, 0.6) is 0 Å². The summed E-state index contributed by atoms with van der Waals surface area (Å²) in [7, 11) is -4.05. The predicted octanol–water partition coefficient (Wildman–Crippen LogP) is 4.46. The van der Waals surface area contributed by atoms with Gasteiger partial charge >= 0.3 is 11.9 Å². The molecular formula is C30H27F5N6O4S. The predicted molar refractivity (Wildman–Crippen MR) is 159 cm³/mol. The highest BCUT2D eigenvalue weighted by molar-refractivity contribution is 7.90. The fraction of sp³-hybridized carbons (Fsp3) is 0.300. The van der Waals surface area contributed by atoms with Gasteiger partial charge in [0.25, 0.3) is 0 Å². The molecule has 1 amide bonds. The van der Waals surface area contributed by atoms with Gasteiger partial charge < -0.3 is 9.80 Å². The largest absolute Gasteiger partial charge is 0.417 e. The lowest BCUT2D eigenvalue weighted by atomic mass is 10.0. The summed E-state index contributed by atoms with van der Waals surface area (Å²) >= 11 is 0. The van der Waals surface area contributed by atoms with Gasteiger partial charge in [-0.3, -0.25) is 9.78 Å². The van der Waals surface area contributed by atoms with Crippen LogP contribution in [0.3, 0.4) is 0 Å². The van der Waals surface area contributed by atoms with Crippen LogP contribution in [0.25, 0.3) is 28.0 Å². The highest BCUT2D eigenvalue weighted by Crippen LogP contribution is 2.40. The Balaban J connectivity index is 1.91. The average Bonchev–Trinajstić information content (AvgIpc) is 2.95. The number of aryl methyl sites for hydroxylation is 1. The number of anilines is 1. The number of carbonyl (C=O) groups excluding carboxylic acids is 1. The molecule has 242 valence electrons. The van der Waals surface area contributed by atoms with Crippen LogP contribution in [0.4, 0.5) is 27.8 Å². The Kier molecular flexibility index (Phi) is 8.21. The van der Waals surface area contributed by atoms with Crippen molar-refractivity contribution in [3.63, 3.8) is 0 Å². The number of fused-ring (bicyclic) bond motifs is 1. The van der Waals surface area contributed by atoms with Gasteiger partial charge in [0.2, 0.25) is 5.91 Å². The third-order valence-electron chi connectivity index (χ3n) is 7.70. The van der Waals surface area contributed by atoms with E-state index in [1.165, 1.54) is 18.0 Å². The first-order chi connectivity index (χ1) is 21.4. The van der Waals surface area contributed by atoms with Gasteiger partial charge in [0.1, 0.15) is 17.3 Å². The third-order valence-corrected chi connectivity index (χ3v) is 8.83. The highest BCUT2D eigenvalue weighted by Gasteiger charge is 2.38. The second-order valence-electron chi connectivity index (χ2n) is 11.0. The van der Waals surface area contributed by atoms with Crippen molar-refractivity contribution in [2.24, 2.45) is 0 Å². The van der Waals surface area contributed by atoms with Crippen molar-refractivity contribution < 1.29 is 35.2 Å². The summed E-state index contributed by atoms with van der Waals surface area (Å²) in [5.74, 6) is -3.24. The molecule has 1 aliphatic rings. The van der Waals surface area contributed by atoms with E-state index >= 15 is 8.78 Å². The number of nitrogens with zero attached hydrogens (tertiary/aromatic N) is 6. The number of benzene rings is 1. The van der Waals surface area contributed by atoms with Crippen molar-refractivity contribution in [3.05, 3.63) is 82.6 Å². The van der Waals surface area contributed by atoms with Crippen LogP contribution in [0.1, 0.15) is 25.1 Å². The van der Waals surface area contributed by atoms with Crippen LogP contribution in [0, 0.1) is 18.6 Å². The van der Waals surface area contributed by atoms with E-state index < -0.39 is 67.9 Å². The van der Waals surface area contributed by atoms with E-state index in [9.17, 15) is 31.2 Å². The van der Waals surface area contributed by atoms with Gasteiger partial charge in [0.15, 0.2) is 21.3 Å². The van der Waals surface area contributed by atoms with Crippen LogP contribution in [-0.4, -0.2) is 70.2 Å². The summed E-state index contributed by atoms with van der Waals surface area (Å²) < 4.78 is 99.5. The van der Waals surface area contributed by atoms with Crippen molar-refractivity contribution in [1.29, 1.82) is 0 Å². The second-order valence-corrected chi connectivity index (χ2v) is 13.0. The summed E-state index contributed by atoms with van der Waals surface area (Å²) in [4.78, 5) is 41.5. The van der Waals surface area contributed by atoms with Crippen molar-refractivity contribution in [3.8, 4) is 16.9 Å². The van der Waals surface area contributed by atoms with E-state index in [0.717, 1.165) is 35.1 Å². The summed E-state index contributed by atoms with van der Waals surface area (Å²) in [5.41, 5.74) is -5.68. The first kappa shape index (κ1) is 32.7. The molecule has 0 N–H and O–H groups in total. The number of pyridine rings is 2. The average molecular weight is 663 g/mol. The van der Waals surface area contributed by atoms with Crippen LogP contribution < -0.4 is 10.6 Å². The fourth-order valence-electron chi connectivity index (χ4n) is 5.84. The lowest BCUT2D eigenvalue weighted by Crippen LogP contribution is -2.58. The molecule has 3 aromatic heterocycles. The lowest BCUT2D eigenvalue weighted by molar-refractivity contribution is -0.137. The van der Waals surface area contributed by atoms with Crippen molar-refractivity contribution in [2.45, 2.75) is 43.9 Å². The maximum atomic E-state index is 16.0. The zero-order valence-corrected chi connectivity index (χ0v) is 25.7. The molecule has 0 bridgehead atoms. The molecule has 2 atom stereocenters. The Morgan fingerprint density at radius 2 is 1.72 bits per heavy atom. The number of piperazine rings is 1. The van der Waals surface area contributed by atoms with Gasteiger partial charge in [-0.25, -0.2) is 31.5 Å². The van der Waals surface area contributed by atoms with E-state index in [-0.39, 0.29) is 46.5 Å². The van der Waals surface area contributed by atoms with E-state index in [2.05, 4.69) is 21.5 Å². The minimum atomic E-state index is -5.11. The molecule has 5 rings (SSSR count). The summed E-state index contributed by atoms with van der Waals surface area (Å²) in [6, 6.07) is 2.96. The number of aromatic nitrogens is 4. The maximum absolute atomic E-state index is 16.0. The number of carbonyl (C=O) groups is 1. The Bertz CT molecular complexity index is 2070. The van der Waals surface area contributed by atoms with E-state index in [1.807, 2.05) is 0 Å². The number of amides is 1. The quantitative estimate of drug-likeness (QED) is 0.227. The van der Waals surface area contributed by atoms with Crippen molar-refractivity contribution >= 4 is 32.6 Å². The molecule has 0 saturated carbocycles. The topological polar surface area (TPSA) is 118 Å². The Morgan fingerprint density at radius 1 is 1.07 bits per heavy atom. The summed E-state index contributed by atoms with van der Waals surface area (Å²) in [6.45, 7) is 8.63. The fourth-order valence-corrected chi connectivity index (χ4v) is 6.73. The van der Waals surface area contributed by atoms with Crippen molar-refractivity contribution in [2.75, 3.05) is 24.2 Å². The Morgan fingerprint density at radius 3 is 2.30 bits per heavy atom. The zero-order chi connectivity index (χ0) is 33.9. The molecule has 4 heterocycles. The SMILES string of the molecule is C=CC(=O)N1C[C@@H](C)N(c2nc(=O)n(-c3c(S(C)(=O)=O)ccnc3C)c3nc(-c4c(F)cccc4C(F)(F)F)c(F)cc23)[C@@H](C)C1. The zero-order valence-electron chi connectivity index (χ0n) is 24.9. The smallest absolute Gasteiger partial charge is 0.347 e. The first-order valence-corrected chi connectivity index (χ1v) is 15.7. The van der Waals surface area contributed by atoms with Gasteiger partial charge in [-0.2, -0.15) is 18.2 Å². The van der Waals surface area contributed by atoms with Crippen molar-refractivity contribution in [1.82, 2.24) is 24.4 Å². The van der Waals surface area contributed by atoms with E-state index in [1.54, 1.807) is 18.7 Å². The molecule has 1 fully saturated rings. The molecule has 0 spiro atoms. The number of hydrogen-bond donors (Lipinski definition) is 0. The molecule has 4 aromatic rings. The molecule has 16 heteroatoms. The Hall–Kier alpha value is -4.73. The number of alkyl halides is 3. The van der Waals surface area contributed by atoms with Crippen LogP contribution in [0.2, 0.25) is 0 Å². The maximum Gasteiger partial charge on any atom is 0.417 e. The minimum Gasteiger partial charge on any atom is -0.347 e. The molecule has 1 aliphatic heterocycles. The second kappa shape index (κ2) is 11.6. The number of rotatable bonds is 5. The molecule has 46 heavy (non-hydrogen) atoms. The number of hydrogen-bond acceptors (Lipinski definition) is 8. The van der Waals surface area contributed by atoms with Gasteiger partial charge in [0, 0.05) is 37.6 Å². The molecule has 1 aromatic carbocycles. The molecular weight excluding hydrogens is 635 g/mol. The monoisotopic (exact) mass is 662 g/mol. The summed E-state index contributed by atoms with van der Waals surface area (Å²) in [6.07, 6.45) is -1.90. The third kappa shape index (κ3) is 5.61. The Labute approximate surface area is 259 Å². The minimum absolute atomic E-state index is 0.00806. The van der Waals surface area contributed by atoms with Crippen LogP contribution in [-0.2, 0) is 20.8 Å². The van der Waals surface area contributed by atoms with E-state index in [0.29, 0.717) is 12.1 Å². The standard InChI is InChI=1S/C30H27F5N6O4S/c1-6-23(42)39-13-15(2)40(16(3)14-39)28-18-12-21(32)25(24-19(30(33,34)35)8-7-9-20(24)31)37-27(18)41(29(43)38-28)26-17(4)36-11-10-22(26)46(5,44)45/h6-12,15-16H,1,13-14H2,2-5H3/t15-,16+. The molecule has 10 nitrogen and oxygen atoms in total. The van der Waals surface area contributed by atoms with E-state index in [4.69, 9.17) is 0 Å². The lowest BCUT2D eigenvalue weighted by Gasteiger charge is -2.45. The van der Waals surface area contributed by atoms with Crippen LogP contribution >= 0.6 is 0 Å². The van der Waals surface area contributed by atoms with Gasteiger partial charge in [-0.15, -0.1) is 0 Å². The van der Waals surface area contributed by atoms with Gasteiger partial charge in [0.05, 0.1) is 32.8 Å². The number of sulfone groups is 1. The van der Waals surface area contributed by atoms with Gasteiger partial charge in [-0.1, -0.05) is 12.6 Å². The van der Waals surface area contributed by atoms with Crippen LogP contribution in [0.15, 0.2) is 58.9 Å². The molecule has 0 aliphatic carbocycles. The normalized spacial score (nSPS) is 17.4. The highest BCUT2D eigenvalue weighted by atomic mass is 32.2. The molecule has 0 unspecified atom stereocenters. The molecule has 0 radical (unpaired) electrons. The first-order valence-electron chi connectivity index (χ1n) is 13.8.